The first-order valence-electron chi connectivity index (χ1n) is 45.0. The highest BCUT2D eigenvalue weighted by molar-refractivity contribution is 5.69. The topological polar surface area (TPSA) is 149 Å². The van der Waals surface area contributed by atoms with E-state index in [0.29, 0.717) is 39.3 Å². The second-order valence-corrected chi connectivity index (χ2v) is 30.3. The SMILES string of the molecule is CCCCCCCCCOC(=O)CCCCCCCN(CCCCCCC(OCCCCCCCC)OCCCCCCCC)CCCOC(C)=O.CCCCCCCCCOC(=O)CCCCCCCN(CCCCCCC(OCCCCCCCC)OCCCCCCCC)CCOC(C)=O. The number of esters is 4. The van der Waals surface area contributed by atoms with Gasteiger partial charge in [-0.1, -0.05) is 311 Å². The molecule has 0 aromatic heterocycles. The van der Waals surface area contributed by atoms with E-state index in [0.717, 1.165) is 194 Å². The summed E-state index contributed by atoms with van der Waals surface area (Å²) >= 11 is 0. The van der Waals surface area contributed by atoms with E-state index in [-0.39, 0.29) is 36.5 Å². The number of hydrogen-bond acceptors (Lipinski definition) is 14. The van der Waals surface area contributed by atoms with Gasteiger partial charge in [-0.05, 0) is 135 Å². The summed E-state index contributed by atoms with van der Waals surface area (Å²) in [6.45, 7) is 27.9. The maximum atomic E-state index is 12.1. The molecule has 0 saturated carbocycles. The van der Waals surface area contributed by atoms with Crippen LogP contribution in [0.1, 0.15) is 447 Å². The molecule has 0 heterocycles. The smallest absolute Gasteiger partial charge is 0.305 e. The van der Waals surface area contributed by atoms with Crippen molar-refractivity contribution in [2.24, 2.45) is 0 Å². The minimum atomic E-state index is -0.206. The predicted molar refractivity (Wildman–Crippen MR) is 435 cm³/mol. The molecule has 0 aromatic rings. The number of nitrogens with zero attached hydrogens (tertiary/aromatic N) is 2. The van der Waals surface area contributed by atoms with Crippen LogP contribution in [0.25, 0.3) is 0 Å². The fourth-order valence-corrected chi connectivity index (χ4v) is 13.2. The lowest BCUT2D eigenvalue weighted by atomic mass is 10.1. The molecule has 0 N–H and O–H groups in total. The van der Waals surface area contributed by atoms with Crippen LogP contribution in [-0.2, 0) is 57.1 Å². The van der Waals surface area contributed by atoms with Crippen LogP contribution in [-0.4, -0.2) is 138 Å². The minimum absolute atomic E-state index is 0.0261. The van der Waals surface area contributed by atoms with Crippen molar-refractivity contribution < 1.29 is 57.1 Å². The molecule has 0 bridgehead atoms. The van der Waals surface area contributed by atoms with Gasteiger partial charge in [0.1, 0.15) is 6.61 Å². The van der Waals surface area contributed by atoms with Gasteiger partial charge in [-0.25, -0.2) is 0 Å². The van der Waals surface area contributed by atoms with Crippen LogP contribution in [0.3, 0.4) is 0 Å². The van der Waals surface area contributed by atoms with Crippen molar-refractivity contribution >= 4 is 23.9 Å². The molecule has 0 rings (SSSR count). The summed E-state index contributed by atoms with van der Waals surface area (Å²) in [7, 11) is 0. The van der Waals surface area contributed by atoms with Gasteiger partial charge in [-0.15, -0.1) is 0 Å². The Bertz CT molecular complexity index is 1660. The molecular weight excluding hydrogens is 1290 g/mol. The molecule has 0 unspecified atom stereocenters. The zero-order chi connectivity index (χ0) is 75.3. The van der Waals surface area contributed by atoms with Crippen molar-refractivity contribution in [2.75, 3.05) is 92.1 Å². The monoisotopic (exact) mass is 1470 g/mol. The molecule has 0 atom stereocenters. The first-order chi connectivity index (χ1) is 50.6. The number of unbranched alkanes of at least 4 members (excludes halogenated alkanes) is 46. The number of ether oxygens (including phenoxy) is 8. The number of hydrogen-bond donors (Lipinski definition) is 0. The Hall–Kier alpha value is -2.36. The van der Waals surface area contributed by atoms with Crippen LogP contribution in [0, 0.1) is 0 Å². The van der Waals surface area contributed by atoms with Gasteiger partial charge in [0.2, 0.25) is 0 Å². The average Bonchev–Trinajstić information content (AvgIpc) is 1.65. The number of carbonyl (C=O) groups is 4. The van der Waals surface area contributed by atoms with Crippen molar-refractivity contribution in [1.82, 2.24) is 9.80 Å². The lowest BCUT2D eigenvalue weighted by Gasteiger charge is -2.22. The van der Waals surface area contributed by atoms with Gasteiger partial charge in [0, 0.05) is 66.2 Å². The van der Waals surface area contributed by atoms with E-state index in [4.69, 9.17) is 37.9 Å². The lowest BCUT2D eigenvalue weighted by molar-refractivity contribution is -0.148. The standard InChI is InChI=1S/C45H89NO6.C44H87NO6/c1-5-8-11-14-17-25-30-39-50-44(48)34-26-19-18-21-28-36-46(38-33-42-49-43(4)47)37-29-22-20-27-35-45(51-40-31-23-15-12-9-6-2)52-41-32-24-16-13-10-7-3;1-5-8-11-14-17-25-30-38-49-43(47)33-26-19-18-21-28-35-45(37-41-48-42(4)46)36-29-22-20-27-34-44(50-39-31-23-15-12-9-6-2)51-40-32-24-16-13-10-7-3/h45H,5-42H2,1-4H3;44H,5-41H2,1-4H3. The Morgan fingerprint density at radius 1 is 0.214 bits per heavy atom. The Labute approximate surface area is 639 Å². The van der Waals surface area contributed by atoms with Gasteiger partial charge in [0.05, 0.1) is 19.8 Å². The van der Waals surface area contributed by atoms with Gasteiger partial charge in [-0.3, -0.25) is 24.1 Å². The second-order valence-electron chi connectivity index (χ2n) is 30.3. The highest BCUT2D eigenvalue weighted by atomic mass is 16.7. The summed E-state index contributed by atoms with van der Waals surface area (Å²) < 4.78 is 46.3. The van der Waals surface area contributed by atoms with Crippen LogP contribution in [0.2, 0.25) is 0 Å². The highest BCUT2D eigenvalue weighted by Gasteiger charge is 2.14. The third-order valence-corrected chi connectivity index (χ3v) is 19.9. The van der Waals surface area contributed by atoms with Crippen LogP contribution < -0.4 is 0 Å². The molecule has 614 valence electrons. The van der Waals surface area contributed by atoms with Crippen LogP contribution in [0.5, 0.6) is 0 Å². The molecule has 0 radical (unpaired) electrons. The van der Waals surface area contributed by atoms with E-state index >= 15 is 0 Å². The minimum Gasteiger partial charge on any atom is -0.466 e. The van der Waals surface area contributed by atoms with Gasteiger partial charge in [0.25, 0.3) is 0 Å². The maximum Gasteiger partial charge on any atom is 0.305 e. The van der Waals surface area contributed by atoms with E-state index in [1.807, 2.05) is 0 Å². The molecule has 0 amide bonds. The van der Waals surface area contributed by atoms with Crippen molar-refractivity contribution in [1.29, 1.82) is 0 Å². The highest BCUT2D eigenvalue weighted by Crippen LogP contribution is 2.19. The first kappa shape index (κ1) is 103. The Morgan fingerprint density at radius 3 is 0.718 bits per heavy atom. The molecule has 0 spiro atoms. The second kappa shape index (κ2) is 88.5. The van der Waals surface area contributed by atoms with E-state index < -0.39 is 0 Å². The zero-order valence-corrected chi connectivity index (χ0v) is 70.0. The third-order valence-electron chi connectivity index (χ3n) is 19.9. The number of rotatable bonds is 85. The summed E-state index contributed by atoms with van der Waals surface area (Å²) in [5, 5.41) is 0. The van der Waals surface area contributed by atoms with Gasteiger partial charge < -0.3 is 42.8 Å². The molecule has 0 aliphatic heterocycles. The van der Waals surface area contributed by atoms with Crippen molar-refractivity contribution in [3.63, 3.8) is 0 Å². The molecule has 14 heteroatoms. The van der Waals surface area contributed by atoms with Crippen molar-refractivity contribution in [3.8, 4) is 0 Å². The van der Waals surface area contributed by atoms with E-state index in [2.05, 4.69) is 51.3 Å². The Morgan fingerprint density at radius 2 is 0.427 bits per heavy atom. The molecule has 0 aliphatic carbocycles. The largest absolute Gasteiger partial charge is 0.466 e. The normalized spacial score (nSPS) is 11.6. The van der Waals surface area contributed by atoms with Crippen LogP contribution in [0.4, 0.5) is 0 Å². The first-order valence-corrected chi connectivity index (χ1v) is 45.0. The van der Waals surface area contributed by atoms with Crippen molar-refractivity contribution in [3.05, 3.63) is 0 Å². The van der Waals surface area contributed by atoms with Gasteiger partial charge in [0.15, 0.2) is 12.6 Å². The Balaban J connectivity index is 0. The van der Waals surface area contributed by atoms with Gasteiger partial charge in [-0.2, -0.15) is 0 Å². The maximum absolute atomic E-state index is 12.1. The quantitative estimate of drug-likeness (QED) is 0.0246. The molecule has 14 nitrogen and oxygen atoms in total. The summed E-state index contributed by atoms with van der Waals surface area (Å²) in [6.07, 6.45) is 72.4. The van der Waals surface area contributed by atoms with E-state index in [9.17, 15) is 19.2 Å². The van der Waals surface area contributed by atoms with Crippen molar-refractivity contribution in [2.45, 2.75) is 460 Å². The molecular formula is C89H176N2O12. The average molecular weight is 1470 g/mol. The van der Waals surface area contributed by atoms with Crippen LogP contribution >= 0.6 is 0 Å². The summed E-state index contributed by atoms with van der Waals surface area (Å²) in [5.74, 6) is -0.460. The molecule has 0 fully saturated rings. The fraction of sp³-hybridized carbons (Fsp3) is 0.955. The summed E-state index contributed by atoms with van der Waals surface area (Å²) in [6, 6.07) is 0. The summed E-state index contributed by atoms with van der Waals surface area (Å²) in [4.78, 5) is 51.7. The zero-order valence-electron chi connectivity index (χ0n) is 70.0. The summed E-state index contributed by atoms with van der Waals surface area (Å²) in [5.41, 5.74) is 0. The van der Waals surface area contributed by atoms with E-state index in [1.165, 1.54) is 264 Å². The molecule has 0 saturated heterocycles. The lowest BCUT2D eigenvalue weighted by Crippen LogP contribution is -2.30. The predicted octanol–water partition coefficient (Wildman–Crippen LogP) is 25.4. The fourth-order valence-electron chi connectivity index (χ4n) is 13.2. The molecule has 0 aliphatic rings. The van der Waals surface area contributed by atoms with Crippen LogP contribution in [0.15, 0.2) is 0 Å². The molecule has 103 heavy (non-hydrogen) atoms. The Kier molecular flexibility index (Phi) is 88.3. The number of carbonyl (C=O) groups excluding carboxylic acids is 4. The third kappa shape index (κ3) is 86.8. The van der Waals surface area contributed by atoms with Gasteiger partial charge >= 0.3 is 23.9 Å². The molecule has 0 aromatic carbocycles. The van der Waals surface area contributed by atoms with E-state index in [1.54, 1.807) is 0 Å².